The van der Waals surface area contributed by atoms with E-state index < -0.39 is 6.10 Å². The summed E-state index contributed by atoms with van der Waals surface area (Å²) in [7, 11) is 0. The van der Waals surface area contributed by atoms with E-state index >= 15 is 0 Å². The maximum absolute atomic E-state index is 11.0. The Morgan fingerprint density at radius 1 is 1.19 bits per heavy atom. The van der Waals surface area contributed by atoms with Gasteiger partial charge in [0, 0.05) is 22.9 Å². The fourth-order valence-corrected chi connectivity index (χ4v) is 3.55. The number of furan rings is 1. The Hall–Kier alpha value is -1.32. The maximum atomic E-state index is 11.0. The van der Waals surface area contributed by atoms with Gasteiger partial charge >= 0.3 is 0 Å². The van der Waals surface area contributed by atoms with Gasteiger partial charge in [0.25, 0.3) is 0 Å². The number of benzene rings is 1. The van der Waals surface area contributed by atoms with Crippen LogP contribution in [0.25, 0.3) is 11.0 Å². The number of hydrogen-bond donors (Lipinski definition) is 2. The molecule has 0 radical (unpaired) electrons. The summed E-state index contributed by atoms with van der Waals surface area (Å²) in [5.41, 5.74) is 7.94. The standard InChI is InChI=1S/C18H25NO2/c1-17(2)7-9-18(12-19,10-8-17)16(20)14-11-21-15-6-4-3-5-13(14)15/h3-6,11,16,20H,7-10,12,19H2,1-2H3. The molecule has 1 heterocycles. The highest BCUT2D eigenvalue weighted by molar-refractivity contribution is 5.81. The first kappa shape index (κ1) is 14.6. The average molecular weight is 287 g/mol. The predicted octanol–water partition coefficient (Wildman–Crippen LogP) is 4.01. The van der Waals surface area contributed by atoms with Crippen molar-refractivity contribution in [3.05, 3.63) is 36.1 Å². The zero-order valence-electron chi connectivity index (χ0n) is 12.9. The summed E-state index contributed by atoms with van der Waals surface area (Å²) >= 11 is 0. The monoisotopic (exact) mass is 287 g/mol. The van der Waals surface area contributed by atoms with Gasteiger partial charge in [-0.2, -0.15) is 0 Å². The van der Waals surface area contributed by atoms with E-state index in [9.17, 15) is 5.11 Å². The molecule has 3 rings (SSSR count). The molecule has 1 saturated carbocycles. The van der Waals surface area contributed by atoms with Crippen molar-refractivity contribution >= 4 is 11.0 Å². The number of aliphatic hydroxyl groups is 1. The second-order valence-corrected chi connectivity index (χ2v) is 7.32. The number of rotatable bonds is 3. The van der Waals surface area contributed by atoms with Gasteiger partial charge in [0.2, 0.25) is 0 Å². The fraction of sp³-hybridized carbons (Fsp3) is 0.556. The SMILES string of the molecule is CC1(C)CCC(CN)(C(O)c2coc3ccccc23)CC1. The van der Waals surface area contributed by atoms with E-state index in [2.05, 4.69) is 13.8 Å². The fourth-order valence-electron chi connectivity index (χ4n) is 3.55. The minimum absolute atomic E-state index is 0.220. The summed E-state index contributed by atoms with van der Waals surface area (Å²) in [5.74, 6) is 0. The molecule has 1 aliphatic rings. The molecule has 3 N–H and O–H groups in total. The summed E-state index contributed by atoms with van der Waals surface area (Å²) in [4.78, 5) is 0. The average Bonchev–Trinajstić information content (AvgIpc) is 2.91. The second-order valence-electron chi connectivity index (χ2n) is 7.32. The molecule has 1 aliphatic carbocycles. The van der Waals surface area contributed by atoms with Gasteiger partial charge in [-0.1, -0.05) is 32.0 Å². The van der Waals surface area contributed by atoms with E-state index in [1.165, 1.54) is 0 Å². The topological polar surface area (TPSA) is 59.4 Å². The molecule has 0 aliphatic heterocycles. The Morgan fingerprint density at radius 2 is 1.86 bits per heavy atom. The van der Waals surface area contributed by atoms with Crippen molar-refractivity contribution in [2.24, 2.45) is 16.6 Å². The zero-order valence-corrected chi connectivity index (χ0v) is 12.9. The molecular weight excluding hydrogens is 262 g/mol. The van der Waals surface area contributed by atoms with Gasteiger partial charge in [-0.25, -0.2) is 0 Å². The van der Waals surface area contributed by atoms with E-state index in [-0.39, 0.29) is 5.41 Å². The number of hydrogen-bond acceptors (Lipinski definition) is 3. The number of fused-ring (bicyclic) bond motifs is 1. The molecule has 0 saturated heterocycles. The van der Waals surface area contributed by atoms with Crippen molar-refractivity contribution in [3.63, 3.8) is 0 Å². The van der Waals surface area contributed by atoms with Crippen molar-refractivity contribution in [1.82, 2.24) is 0 Å². The van der Waals surface area contributed by atoms with E-state index in [1.54, 1.807) is 6.26 Å². The summed E-state index contributed by atoms with van der Waals surface area (Å²) in [6.45, 7) is 5.11. The second kappa shape index (κ2) is 5.15. The lowest BCUT2D eigenvalue weighted by Gasteiger charge is -2.45. The Morgan fingerprint density at radius 3 is 2.52 bits per heavy atom. The number of nitrogens with two attached hydrogens (primary N) is 1. The molecule has 1 atom stereocenters. The van der Waals surface area contributed by atoms with Crippen LogP contribution in [0.2, 0.25) is 0 Å². The lowest BCUT2D eigenvalue weighted by molar-refractivity contribution is -0.0231. The Labute approximate surface area is 126 Å². The third-order valence-corrected chi connectivity index (χ3v) is 5.39. The third kappa shape index (κ3) is 2.49. The molecule has 0 bridgehead atoms. The summed E-state index contributed by atoms with van der Waals surface area (Å²) in [5, 5.41) is 12.0. The van der Waals surface area contributed by atoms with E-state index in [4.69, 9.17) is 10.2 Å². The predicted molar refractivity (Wildman–Crippen MR) is 84.9 cm³/mol. The van der Waals surface area contributed by atoms with Crippen LogP contribution in [0.5, 0.6) is 0 Å². The molecule has 0 spiro atoms. The number of para-hydroxylation sites is 1. The van der Waals surface area contributed by atoms with Crippen LogP contribution in [0.1, 0.15) is 51.2 Å². The maximum Gasteiger partial charge on any atom is 0.134 e. The molecule has 2 aromatic rings. The molecule has 1 aromatic carbocycles. The van der Waals surface area contributed by atoms with Gasteiger partial charge in [-0.05, 0) is 37.2 Å². The molecule has 1 aromatic heterocycles. The highest BCUT2D eigenvalue weighted by Gasteiger charge is 2.43. The van der Waals surface area contributed by atoms with Crippen LogP contribution >= 0.6 is 0 Å². The van der Waals surface area contributed by atoms with E-state index in [0.29, 0.717) is 12.0 Å². The van der Waals surface area contributed by atoms with Crippen LogP contribution in [0.15, 0.2) is 34.9 Å². The largest absolute Gasteiger partial charge is 0.464 e. The van der Waals surface area contributed by atoms with Crippen molar-refractivity contribution in [3.8, 4) is 0 Å². The van der Waals surface area contributed by atoms with Crippen LogP contribution in [0.3, 0.4) is 0 Å². The molecular formula is C18H25NO2. The number of aliphatic hydroxyl groups excluding tert-OH is 1. The van der Waals surface area contributed by atoms with Crippen LogP contribution in [0.4, 0.5) is 0 Å². The highest BCUT2D eigenvalue weighted by atomic mass is 16.3. The first-order valence-corrected chi connectivity index (χ1v) is 7.82. The Kier molecular flexibility index (Phi) is 3.58. The normalized spacial score (nSPS) is 22.3. The van der Waals surface area contributed by atoms with Crippen LogP contribution < -0.4 is 5.73 Å². The smallest absolute Gasteiger partial charge is 0.134 e. The van der Waals surface area contributed by atoms with Crippen LogP contribution in [0, 0.1) is 10.8 Å². The van der Waals surface area contributed by atoms with Gasteiger partial charge in [-0.3, -0.25) is 0 Å². The molecule has 1 fully saturated rings. The van der Waals surface area contributed by atoms with Gasteiger partial charge < -0.3 is 15.3 Å². The van der Waals surface area contributed by atoms with E-state index in [0.717, 1.165) is 42.2 Å². The molecule has 21 heavy (non-hydrogen) atoms. The van der Waals surface area contributed by atoms with Crippen LogP contribution in [-0.4, -0.2) is 11.7 Å². The summed E-state index contributed by atoms with van der Waals surface area (Å²) < 4.78 is 5.59. The molecule has 114 valence electrons. The minimum atomic E-state index is -0.553. The zero-order chi connectivity index (χ0) is 15.1. The van der Waals surface area contributed by atoms with Gasteiger partial charge in [0.1, 0.15) is 5.58 Å². The lowest BCUT2D eigenvalue weighted by Crippen LogP contribution is -2.41. The van der Waals surface area contributed by atoms with Crippen molar-refractivity contribution < 1.29 is 9.52 Å². The Balaban J connectivity index is 1.94. The quantitative estimate of drug-likeness (QED) is 0.896. The Bertz CT molecular complexity index is 619. The van der Waals surface area contributed by atoms with Gasteiger partial charge in [0.15, 0.2) is 0 Å². The molecule has 3 heteroatoms. The highest BCUT2D eigenvalue weighted by Crippen LogP contribution is 2.51. The van der Waals surface area contributed by atoms with Gasteiger partial charge in [-0.15, -0.1) is 0 Å². The first-order valence-electron chi connectivity index (χ1n) is 7.82. The molecule has 3 nitrogen and oxygen atoms in total. The van der Waals surface area contributed by atoms with Crippen molar-refractivity contribution in [1.29, 1.82) is 0 Å². The first-order chi connectivity index (χ1) is 9.97. The third-order valence-electron chi connectivity index (χ3n) is 5.39. The van der Waals surface area contributed by atoms with Crippen molar-refractivity contribution in [2.45, 2.75) is 45.6 Å². The summed E-state index contributed by atoms with van der Waals surface area (Å²) in [6, 6.07) is 7.87. The van der Waals surface area contributed by atoms with Crippen LogP contribution in [-0.2, 0) is 0 Å². The molecule has 0 amide bonds. The minimum Gasteiger partial charge on any atom is -0.464 e. The lowest BCUT2D eigenvalue weighted by atomic mass is 9.62. The van der Waals surface area contributed by atoms with E-state index in [1.807, 2.05) is 24.3 Å². The van der Waals surface area contributed by atoms with Crippen molar-refractivity contribution in [2.75, 3.05) is 6.54 Å². The van der Waals surface area contributed by atoms with Gasteiger partial charge in [0.05, 0.1) is 12.4 Å². The summed E-state index contributed by atoms with van der Waals surface area (Å²) in [6.07, 6.45) is 5.30. The molecule has 1 unspecified atom stereocenters.